The lowest BCUT2D eigenvalue weighted by atomic mass is 9.76. The Bertz CT molecular complexity index is 721. The molecule has 0 saturated heterocycles. The van der Waals surface area contributed by atoms with E-state index in [4.69, 9.17) is 0 Å². The van der Waals surface area contributed by atoms with E-state index in [1.165, 1.54) is 5.57 Å². The van der Waals surface area contributed by atoms with Crippen LogP contribution in [-0.2, 0) is 4.57 Å². The molecular formula is C21H26NOP. The normalized spacial score (nSPS) is 20.5. The van der Waals surface area contributed by atoms with Gasteiger partial charge in [0.25, 0.3) is 0 Å². The van der Waals surface area contributed by atoms with Crippen molar-refractivity contribution >= 4 is 17.9 Å². The van der Waals surface area contributed by atoms with Gasteiger partial charge in [-0.3, -0.25) is 9.65 Å². The van der Waals surface area contributed by atoms with Gasteiger partial charge < -0.3 is 0 Å². The van der Waals surface area contributed by atoms with E-state index < -0.39 is 7.29 Å². The van der Waals surface area contributed by atoms with Crippen LogP contribution in [0, 0.1) is 5.41 Å². The predicted octanol–water partition coefficient (Wildman–Crippen LogP) is 4.64. The van der Waals surface area contributed by atoms with E-state index in [9.17, 15) is 4.57 Å². The molecule has 1 unspecified atom stereocenters. The van der Waals surface area contributed by atoms with Crippen molar-refractivity contribution in [2.75, 3.05) is 0 Å². The first-order valence-electron chi connectivity index (χ1n) is 8.55. The van der Waals surface area contributed by atoms with E-state index in [-0.39, 0.29) is 11.5 Å². The van der Waals surface area contributed by atoms with Crippen LogP contribution in [0.4, 0.5) is 0 Å². The zero-order valence-corrected chi connectivity index (χ0v) is 15.6. The van der Waals surface area contributed by atoms with Gasteiger partial charge in [0.1, 0.15) is 0 Å². The van der Waals surface area contributed by atoms with Crippen LogP contribution in [0.25, 0.3) is 0 Å². The van der Waals surface area contributed by atoms with Gasteiger partial charge in [-0.2, -0.15) is 0 Å². The largest absolute Gasteiger partial charge is 0.297 e. The Morgan fingerprint density at radius 3 is 1.92 bits per heavy atom. The molecule has 0 bridgehead atoms. The quantitative estimate of drug-likeness (QED) is 0.649. The Morgan fingerprint density at radius 1 is 0.958 bits per heavy atom. The van der Waals surface area contributed by atoms with Crippen LogP contribution < -0.4 is 15.7 Å². The van der Waals surface area contributed by atoms with Gasteiger partial charge in [-0.1, -0.05) is 61.9 Å². The zero-order chi connectivity index (χ0) is 17.2. The molecule has 1 N–H and O–H groups in total. The van der Waals surface area contributed by atoms with Gasteiger partial charge in [-0.15, -0.1) is 0 Å². The van der Waals surface area contributed by atoms with Gasteiger partial charge >= 0.3 is 0 Å². The molecule has 2 aromatic carbocycles. The summed E-state index contributed by atoms with van der Waals surface area (Å²) in [6.07, 6.45) is 4.35. The maximum atomic E-state index is 14.1. The number of hydrogen-bond donors (Lipinski definition) is 1. The molecule has 3 heteroatoms. The van der Waals surface area contributed by atoms with Crippen LogP contribution in [0.5, 0.6) is 0 Å². The van der Waals surface area contributed by atoms with E-state index in [1.54, 1.807) is 0 Å². The van der Waals surface area contributed by atoms with Crippen LogP contribution in [-0.4, -0.2) is 6.04 Å². The molecule has 0 fully saturated rings. The monoisotopic (exact) mass is 339 g/mol. The molecule has 1 aliphatic rings. The van der Waals surface area contributed by atoms with Crippen LogP contribution in [0.15, 0.2) is 72.3 Å². The zero-order valence-electron chi connectivity index (χ0n) is 14.7. The SMILES string of the molecule is CC1=CC(NP(=O)(c2ccccc2)c2ccccc2)CC(C)(C)C1. The molecule has 3 rings (SSSR count). The molecule has 0 aliphatic heterocycles. The number of rotatable bonds is 4. The van der Waals surface area contributed by atoms with Crippen molar-refractivity contribution in [1.82, 2.24) is 5.09 Å². The third-order valence-corrected chi connectivity index (χ3v) is 7.35. The van der Waals surface area contributed by atoms with Crippen molar-refractivity contribution in [2.24, 2.45) is 5.41 Å². The Balaban J connectivity index is 2.01. The Morgan fingerprint density at radius 2 is 1.46 bits per heavy atom. The number of hydrogen-bond acceptors (Lipinski definition) is 1. The molecule has 0 amide bonds. The lowest BCUT2D eigenvalue weighted by Crippen LogP contribution is -2.38. The third-order valence-electron chi connectivity index (χ3n) is 4.60. The molecule has 2 nitrogen and oxygen atoms in total. The van der Waals surface area contributed by atoms with Crippen molar-refractivity contribution in [2.45, 2.75) is 39.7 Å². The van der Waals surface area contributed by atoms with Gasteiger partial charge in [-0.05, 0) is 49.4 Å². The lowest BCUT2D eigenvalue weighted by molar-refractivity contribution is 0.294. The molecule has 0 aromatic heterocycles. The molecule has 1 aliphatic carbocycles. The summed E-state index contributed by atoms with van der Waals surface area (Å²) < 4.78 is 14.1. The van der Waals surface area contributed by atoms with E-state index in [0.29, 0.717) is 0 Å². The second-order valence-electron chi connectivity index (χ2n) is 7.57. The second-order valence-corrected chi connectivity index (χ2v) is 10.1. The molecule has 126 valence electrons. The van der Waals surface area contributed by atoms with E-state index in [1.807, 2.05) is 60.7 Å². The summed E-state index contributed by atoms with van der Waals surface area (Å²) in [5.41, 5.74) is 1.60. The number of allylic oxidation sites excluding steroid dienone is 1. The van der Waals surface area contributed by atoms with Crippen molar-refractivity contribution in [3.63, 3.8) is 0 Å². The average molecular weight is 339 g/mol. The Hall–Kier alpha value is -1.63. The molecule has 0 heterocycles. The molecule has 0 saturated carbocycles. The highest BCUT2D eigenvalue weighted by atomic mass is 31.2. The third kappa shape index (κ3) is 3.71. The highest BCUT2D eigenvalue weighted by Crippen LogP contribution is 2.43. The lowest BCUT2D eigenvalue weighted by Gasteiger charge is -2.36. The summed E-state index contributed by atoms with van der Waals surface area (Å²) in [6.45, 7) is 6.74. The molecule has 24 heavy (non-hydrogen) atoms. The number of nitrogens with one attached hydrogen (secondary N) is 1. The van der Waals surface area contributed by atoms with Gasteiger partial charge in [0.05, 0.1) is 0 Å². The molecule has 0 spiro atoms. The van der Waals surface area contributed by atoms with Crippen molar-refractivity contribution in [3.05, 3.63) is 72.3 Å². The second kappa shape index (κ2) is 6.70. The van der Waals surface area contributed by atoms with Crippen LogP contribution in [0.1, 0.15) is 33.6 Å². The van der Waals surface area contributed by atoms with Crippen molar-refractivity contribution in [1.29, 1.82) is 0 Å². The molecule has 1 atom stereocenters. The van der Waals surface area contributed by atoms with Gasteiger partial charge in [0.2, 0.25) is 7.29 Å². The van der Waals surface area contributed by atoms with E-state index in [2.05, 4.69) is 31.9 Å². The fourth-order valence-electron chi connectivity index (χ4n) is 3.77. The minimum Gasteiger partial charge on any atom is -0.297 e. The molecular weight excluding hydrogens is 313 g/mol. The summed E-state index contributed by atoms with van der Waals surface area (Å²) in [7, 11) is -2.87. The summed E-state index contributed by atoms with van der Waals surface area (Å²) in [6, 6.07) is 19.7. The summed E-state index contributed by atoms with van der Waals surface area (Å²) in [4.78, 5) is 0. The van der Waals surface area contributed by atoms with Gasteiger partial charge in [0, 0.05) is 16.7 Å². The fourth-order valence-corrected chi connectivity index (χ4v) is 6.19. The smallest absolute Gasteiger partial charge is 0.205 e. The van der Waals surface area contributed by atoms with Gasteiger partial charge in [0.15, 0.2) is 0 Å². The fraction of sp³-hybridized carbons (Fsp3) is 0.333. The summed E-state index contributed by atoms with van der Waals surface area (Å²) in [5.74, 6) is 0. The Labute approximate surface area is 145 Å². The van der Waals surface area contributed by atoms with E-state index in [0.717, 1.165) is 23.5 Å². The molecule has 2 aromatic rings. The van der Waals surface area contributed by atoms with Crippen molar-refractivity contribution < 1.29 is 4.57 Å². The minimum absolute atomic E-state index is 0.125. The van der Waals surface area contributed by atoms with Crippen LogP contribution in [0.2, 0.25) is 0 Å². The van der Waals surface area contributed by atoms with Crippen LogP contribution in [0.3, 0.4) is 0 Å². The maximum Gasteiger partial charge on any atom is 0.205 e. The van der Waals surface area contributed by atoms with E-state index >= 15 is 0 Å². The highest BCUT2D eigenvalue weighted by molar-refractivity contribution is 7.76. The number of benzene rings is 2. The van der Waals surface area contributed by atoms with Gasteiger partial charge in [-0.25, -0.2) is 0 Å². The molecule has 0 radical (unpaired) electrons. The van der Waals surface area contributed by atoms with Crippen LogP contribution >= 0.6 is 7.29 Å². The first-order chi connectivity index (χ1) is 11.4. The summed E-state index contributed by atoms with van der Waals surface area (Å²) in [5, 5.41) is 5.26. The first-order valence-corrected chi connectivity index (χ1v) is 10.3. The minimum atomic E-state index is -2.87. The maximum absolute atomic E-state index is 14.1. The topological polar surface area (TPSA) is 29.1 Å². The van der Waals surface area contributed by atoms with Crippen molar-refractivity contribution in [3.8, 4) is 0 Å². The Kier molecular flexibility index (Phi) is 4.80. The average Bonchev–Trinajstić information content (AvgIpc) is 2.54. The first kappa shape index (κ1) is 17.2. The highest BCUT2D eigenvalue weighted by Gasteiger charge is 2.34. The standard InChI is InChI=1S/C21H26NOP/c1-17-14-18(16-21(2,3)15-17)22-24(23,19-10-6-4-7-11-19)20-12-8-5-9-13-20/h4-14,18H,15-16H2,1-3H3,(H,22,23). The summed E-state index contributed by atoms with van der Waals surface area (Å²) >= 11 is 0. The predicted molar refractivity (Wildman–Crippen MR) is 103 cm³/mol.